The molecule has 0 aliphatic carbocycles. The summed E-state index contributed by atoms with van der Waals surface area (Å²) in [6, 6.07) is 6.34. The molecule has 2 aromatic heterocycles. The number of amides is 1. The number of nitrogens with zero attached hydrogens (tertiary/aromatic N) is 4. The lowest BCUT2D eigenvalue weighted by Gasteiger charge is -2.03. The average Bonchev–Trinajstić information content (AvgIpc) is 3.05. The molecule has 2 heterocycles. The Bertz CT molecular complexity index is 887. The third-order valence-corrected chi connectivity index (χ3v) is 3.59. The number of carbonyl (C=O) groups is 1. The molecular weight excluding hydrogens is 341 g/mol. The normalized spacial score (nSPS) is 10.8. The molecule has 0 unspecified atom stereocenters. The molecule has 0 saturated carbocycles. The van der Waals surface area contributed by atoms with Crippen molar-refractivity contribution in [3.63, 3.8) is 0 Å². The van der Waals surface area contributed by atoms with Gasteiger partial charge >= 0.3 is 6.01 Å². The zero-order chi connectivity index (χ0) is 16.6. The van der Waals surface area contributed by atoms with E-state index in [1.54, 1.807) is 23.9 Å². The third kappa shape index (κ3) is 3.20. The molecule has 0 spiro atoms. The molecule has 3 rings (SSSR count). The van der Waals surface area contributed by atoms with E-state index in [2.05, 4.69) is 20.6 Å². The van der Waals surface area contributed by atoms with Gasteiger partial charge in [-0.05, 0) is 31.2 Å². The Kier molecular flexibility index (Phi) is 4.06. The van der Waals surface area contributed by atoms with Gasteiger partial charge in [0.2, 0.25) is 0 Å². The van der Waals surface area contributed by atoms with Crippen LogP contribution in [-0.2, 0) is 7.05 Å². The molecule has 9 heteroatoms. The van der Waals surface area contributed by atoms with Crippen LogP contribution in [0.25, 0.3) is 11.6 Å². The highest BCUT2D eigenvalue weighted by Crippen LogP contribution is 2.23. The highest BCUT2D eigenvalue weighted by atomic mass is 35.5. The third-order valence-electron chi connectivity index (χ3n) is 3.04. The first-order valence-electron chi connectivity index (χ1n) is 6.55. The molecule has 23 heavy (non-hydrogen) atoms. The standard InChI is InChI=1S/C14H11Cl2N5O2/c1-7-5-11(21(2)20-7)13-18-19-14(23-13)17-12(22)9-4-3-8(15)6-10(9)16/h3-6H,1-2H3,(H,17,19,22). The average molecular weight is 352 g/mol. The predicted octanol–water partition coefficient (Wildman–Crippen LogP) is 3.34. The molecule has 3 aromatic rings. The lowest BCUT2D eigenvalue weighted by Crippen LogP contribution is -2.12. The first kappa shape index (κ1) is 15.5. The van der Waals surface area contributed by atoms with Crippen LogP contribution in [0, 0.1) is 6.92 Å². The van der Waals surface area contributed by atoms with Crippen molar-refractivity contribution >= 4 is 35.1 Å². The second-order valence-electron chi connectivity index (χ2n) is 4.79. The molecule has 1 N–H and O–H groups in total. The number of aryl methyl sites for hydroxylation is 2. The van der Waals surface area contributed by atoms with E-state index in [4.69, 9.17) is 27.6 Å². The fourth-order valence-electron chi connectivity index (χ4n) is 2.03. The van der Waals surface area contributed by atoms with Gasteiger partial charge in [-0.25, -0.2) is 0 Å². The van der Waals surface area contributed by atoms with E-state index in [-0.39, 0.29) is 22.5 Å². The van der Waals surface area contributed by atoms with Crippen LogP contribution in [0.4, 0.5) is 6.01 Å². The van der Waals surface area contributed by atoms with Gasteiger partial charge in [-0.15, -0.1) is 5.10 Å². The van der Waals surface area contributed by atoms with Crippen molar-refractivity contribution < 1.29 is 9.21 Å². The van der Waals surface area contributed by atoms with Crippen LogP contribution in [-0.4, -0.2) is 25.9 Å². The highest BCUT2D eigenvalue weighted by Gasteiger charge is 2.17. The van der Waals surface area contributed by atoms with Crippen molar-refractivity contribution in [2.24, 2.45) is 7.05 Å². The zero-order valence-electron chi connectivity index (χ0n) is 12.2. The Morgan fingerprint density at radius 1 is 1.26 bits per heavy atom. The van der Waals surface area contributed by atoms with Crippen LogP contribution in [0.5, 0.6) is 0 Å². The second-order valence-corrected chi connectivity index (χ2v) is 5.63. The van der Waals surface area contributed by atoms with E-state index in [1.807, 2.05) is 6.92 Å². The van der Waals surface area contributed by atoms with Gasteiger partial charge in [-0.1, -0.05) is 28.3 Å². The summed E-state index contributed by atoms with van der Waals surface area (Å²) in [6.45, 7) is 1.85. The summed E-state index contributed by atoms with van der Waals surface area (Å²) in [5, 5.41) is 15.1. The first-order chi connectivity index (χ1) is 10.9. The number of benzene rings is 1. The fourth-order valence-corrected chi connectivity index (χ4v) is 2.52. The van der Waals surface area contributed by atoms with Crippen molar-refractivity contribution in [1.29, 1.82) is 0 Å². The number of aromatic nitrogens is 4. The van der Waals surface area contributed by atoms with Crippen molar-refractivity contribution in [3.05, 3.63) is 45.6 Å². The number of hydrogen-bond acceptors (Lipinski definition) is 5. The quantitative estimate of drug-likeness (QED) is 0.781. The molecule has 0 aliphatic heterocycles. The number of carbonyl (C=O) groups excluding carboxylic acids is 1. The number of hydrogen-bond donors (Lipinski definition) is 1. The molecule has 0 saturated heterocycles. The maximum atomic E-state index is 12.2. The molecule has 1 amide bonds. The molecular formula is C14H11Cl2N5O2. The van der Waals surface area contributed by atoms with Gasteiger partial charge in [0.05, 0.1) is 16.3 Å². The summed E-state index contributed by atoms with van der Waals surface area (Å²) >= 11 is 11.8. The fraction of sp³-hybridized carbons (Fsp3) is 0.143. The molecule has 0 atom stereocenters. The van der Waals surface area contributed by atoms with Crippen LogP contribution in [0.2, 0.25) is 10.0 Å². The van der Waals surface area contributed by atoms with Gasteiger partial charge in [0.25, 0.3) is 11.8 Å². The van der Waals surface area contributed by atoms with Gasteiger partial charge in [0, 0.05) is 12.1 Å². The molecule has 0 bridgehead atoms. The van der Waals surface area contributed by atoms with Gasteiger partial charge in [0.1, 0.15) is 5.69 Å². The molecule has 7 nitrogen and oxygen atoms in total. The monoisotopic (exact) mass is 351 g/mol. The zero-order valence-corrected chi connectivity index (χ0v) is 13.7. The van der Waals surface area contributed by atoms with Crippen LogP contribution in [0.15, 0.2) is 28.7 Å². The topological polar surface area (TPSA) is 85.8 Å². The van der Waals surface area contributed by atoms with E-state index in [0.29, 0.717) is 10.7 Å². The lowest BCUT2D eigenvalue weighted by molar-refractivity contribution is 0.102. The Morgan fingerprint density at radius 3 is 2.70 bits per heavy atom. The van der Waals surface area contributed by atoms with Crippen molar-refractivity contribution in [3.8, 4) is 11.6 Å². The SMILES string of the molecule is Cc1cc(-c2nnc(NC(=O)c3ccc(Cl)cc3Cl)o2)n(C)n1. The minimum atomic E-state index is -0.469. The molecule has 0 aliphatic rings. The van der Waals surface area contributed by atoms with Gasteiger partial charge in [-0.3, -0.25) is 14.8 Å². The van der Waals surface area contributed by atoms with Crippen molar-refractivity contribution in [2.75, 3.05) is 5.32 Å². The Balaban J connectivity index is 1.81. The van der Waals surface area contributed by atoms with Crippen LogP contribution in [0.1, 0.15) is 16.1 Å². The lowest BCUT2D eigenvalue weighted by atomic mass is 10.2. The van der Waals surface area contributed by atoms with Gasteiger partial charge in [-0.2, -0.15) is 5.10 Å². The second kappa shape index (κ2) is 6.02. The van der Waals surface area contributed by atoms with Crippen LogP contribution < -0.4 is 5.32 Å². The summed E-state index contributed by atoms with van der Waals surface area (Å²) in [5.74, 6) is -0.214. The molecule has 0 radical (unpaired) electrons. The van der Waals surface area contributed by atoms with Gasteiger partial charge < -0.3 is 4.42 Å². The summed E-state index contributed by atoms with van der Waals surface area (Å²) in [4.78, 5) is 12.2. The van der Waals surface area contributed by atoms with E-state index in [9.17, 15) is 4.79 Å². The van der Waals surface area contributed by atoms with E-state index < -0.39 is 5.91 Å². The summed E-state index contributed by atoms with van der Waals surface area (Å²) in [5.41, 5.74) is 1.73. The van der Waals surface area contributed by atoms with Gasteiger partial charge in [0.15, 0.2) is 0 Å². The summed E-state index contributed by atoms with van der Waals surface area (Å²) in [6.07, 6.45) is 0. The molecule has 0 fully saturated rings. The van der Waals surface area contributed by atoms with Crippen LogP contribution >= 0.6 is 23.2 Å². The number of halogens is 2. The molecule has 118 valence electrons. The minimum absolute atomic E-state index is 0.0325. The number of nitrogens with one attached hydrogen (secondary N) is 1. The minimum Gasteiger partial charge on any atom is -0.401 e. The van der Waals surface area contributed by atoms with E-state index in [1.165, 1.54) is 12.1 Å². The Morgan fingerprint density at radius 2 is 2.04 bits per heavy atom. The predicted molar refractivity (Wildman–Crippen MR) is 85.7 cm³/mol. The van der Waals surface area contributed by atoms with E-state index >= 15 is 0 Å². The van der Waals surface area contributed by atoms with E-state index in [0.717, 1.165) is 5.69 Å². The summed E-state index contributed by atoms with van der Waals surface area (Å²) < 4.78 is 7.05. The highest BCUT2D eigenvalue weighted by molar-refractivity contribution is 6.37. The first-order valence-corrected chi connectivity index (χ1v) is 7.30. The van der Waals surface area contributed by atoms with Crippen LogP contribution in [0.3, 0.4) is 0 Å². The molecule has 1 aromatic carbocycles. The maximum Gasteiger partial charge on any atom is 0.322 e. The Labute approximate surface area is 141 Å². The summed E-state index contributed by atoms with van der Waals surface area (Å²) in [7, 11) is 1.76. The van der Waals surface area contributed by atoms with Crippen molar-refractivity contribution in [2.45, 2.75) is 6.92 Å². The largest absolute Gasteiger partial charge is 0.401 e. The Hall–Kier alpha value is -2.38. The maximum absolute atomic E-state index is 12.2. The van der Waals surface area contributed by atoms with Crippen molar-refractivity contribution in [1.82, 2.24) is 20.0 Å². The number of anilines is 1. The smallest absolute Gasteiger partial charge is 0.322 e. The number of rotatable bonds is 3.